The molecule has 1 aromatic carbocycles. The van der Waals surface area contributed by atoms with Crippen LogP contribution in [0.1, 0.15) is 17.8 Å². The molecule has 0 aliphatic rings. The van der Waals surface area contributed by atoms with Crippen LogP contribution in [0.3, 0.4) is 0 Å². The van der Waals surface area contributed by atoms with Crippen molar-refractivity contribution in [2.75, 3.05) is 19.4 Å². The zero-order chi connectivity index (χ0) is 15.6. The topological polar surface area (TPSA) is 49.4 Å². The molecule has 0 radical (unpaired) electrons. The summed E-state index contributed by atoms with van der Waals surface area (Å²) in [7, 11) is -0.318. The van der Waals surface area contributed by atoms with Crippen LogP contribution in [-0.4, -0.2) is 26.8 Å². The van der Waals surface area contributed by atoms with Crippen molar-refractivity contribution in [2.24, 2.45) is 0 Å². The third-order valence-electron chi connectivity index (χ3n) is 3.03. The Morgan fingerprint density at radius 3 is 2.33 bits per heavy atom. The summed E-state index contributed by atoms with van der Waals surface area (Å²) in [5.74, 6) is 0. The summed E-state index contributed by atoms with van der Waals surface area (Å²) in [6.07, 6.45) is 0. The maximum absolute atomic E-state index is 12.0. The number of rotatable bonds is 5. The second-order valence-electron chi connectivity index (χ2n) is 4.85. The predicted octanol–water partition coefficient (Wildman–Crippen LogP) is 3.93. The van der Waals surface area contributed by atoms with Gasteiger partial charge in [-0.1, -0.05) is 0 Å². The van der Waals surface area contributed by atoms with Gasteiger partial charge in [-0.15, -0.1) is 11.3 Å². The van der Waals surface area contributed by atoms with Gasteiger partial charge >= 0.3 is 0 Å². The Morgan fingerprint density at radius 2 is 1.86 bits per heavy atom. The van der Waals surface area contributed by atoms with Gasteiger partial charge in [0, 0.05) is 34.5 Å². The summed E-state index contributed by atoms with van der Waals surface area (Å²) in [4.78, 5) is 1.51. The molecule has 1 heterocycles. The van der Waals surface area contributed by atoms with E-state index in [9.17, 15) is 8.42 Å². The third kappa shape index (κ3) is 3.85. The van der Waals surface area contributed by atoms with Crippen LogP contribution in [0.5, 0.6) is 0 Å². The highest BCUT2D eigenvalue weighted by molar-refractivity contribution is 9.10. The van der Waals surface area contributed by atoms with Crippen LogP contribution >= 0.6 is 27.3 Å². The fraction of sp³-hybridized carbons (Fsp3) is 0.286. The molecule has 1 unspecified atom stereocenters. The van der Waals surface area contributed by atoms with E-state index in [0.717, 1.165) is 10.2 Å². The Hall–Kier alpha value is -0.890. The molecule has 4 nitrogen and oxygen atoms in total. The van der Waals surface area contributed by atoms with E-state index in [2.05, 4.69) is 34.2 Å². The first-order valence-corrected chi connectivity index (χ1v) is 9.45. The normalized spacial score (nSPS) is 13.4. The lowest BCUT2D eigenvalue weighted by Gasteiger charge is -2.15. The van der Waals surface area contributed by atoms with Crippen LogP contribution in [0.25, 0.3) is 0 Å². The molecule has 0 spiro atoms. The van der Waals surface area contributed by atoms with Crippen molar-refractivity contribution in [3.8, 4) is 0 Å². The van der Waals surface area contributed by atoms with Crippen LogP contribution in [-0.2, 0) is 10.0 Å². The van der Waals surface area contributed by atoms with Crippen molar-refractivity contribution < 1.29 is 8.42 Å². The van der Waals surface area contributed by atoms with Crippen molar-refractivity contribution in [1.82, 2.24) is 4.31 Å². The lowest BCUT2D eigenvalue weighted by atomic mass is 10.2. The maximum Gasteiger partial charge on any atom is 0.242 e. The number of nitrogens with one attached hydrogen (secondary N) is 1. The second-order valence-corrected chi connectivity index (χ2v) is 8.86. The molecule has 0 aliphatic carbocycles. The molecule has 7 heteroatoms. The molecule has 21 heavy (non-hydrogen) atoms. The Morgan fingerprint density at radius 1 is 1.24 bits per heavy atom. The highest BCUT2D eigenvalue weighted by atomic mass is 79.9. The van der Waals surface area contributed by atoms with Gasteiger partial charge in [-0.05, 0) is 53.2 Å². The first-order chi connectivity index (χ1) is 9.80. The van der Waals surface area contributed by atoms with Gasteiger partial charge < -0.3 is 5.32 Å². The lowest BCUT2D eigenvalue weighted by molar-refractivity contribution is 0.521. The van der Waals surface area contributed by atoms with Gasteiger partial charge in [0.1, 0.15) is 0 Å². The van der Waals surface area contributed by atoms with E-state index >= 15 is 0 Å². The fourth-order valence-electron chi connectivity index (χ4n) is 1.81. The fourth-order valence-corrected chi connectivity index (χ4v) is 4.17. The molecule has 2 aromatic rings. The molecule has 114 valence electrons. The Labute approximate surface area is 138 Å². The van der Waals surface area contributed by atoms with Crippen molar-refractivity contribution in [3.63, 3.8) is 0 Å². The van der Waals surface area contributed by atoms with Crippen LogP contribution in [0.4, 0.5) is 5.69 Å². The van der Waals surface area contributed by atoms with E-state index in [0.29, 0.717) is 4.90 Å². The van der Waals surface area contributed by atoms with E-state index in [1.807, 2.05) is 5.38 Å². The molecule has 0 saturated heterocycles. The average Bonchev–Trinajstić information content (AvgIpc) is 2.86. The van der Waals surface area contributed by atoms with Gasteiger partial charge in [0.2, 0.25) is 10.0 Å². The van der Waals surface area contributed by atoms with Crippen molar-refractivity contribution in [2.45, 2.75) is 17.9 Å². The zero-order valence-electron chi connectivity index (χ0n) is 12.0. The number of anilines is 1. The molecule has 0 amide bonds. The highest BCUT2D eigenvalue weighted by Gasteiger charge is 2.16. The van der Waals surface area contributed by atoms with Gasteiger partial charge in [-0.25, -0.2) is 12.7 Å². The number of sulfonamides is 1. The molecular formula is C14H17BrN2O2S2. The lowest BCUT2D eigenvalue weighted by Crippen LogP contribution is -2.22. The minimum Gasteiger partial charge on any atom is -0.378 e. The van der Waals surface area contributed by atoms with Crippen LogP contribution in [0.2, 0.25) is 0 Å². The van der Waals surface area contributed by atoms with Crippen molar-refractivity contribution >= 4 is 43.0 Å². The predicted molar refractivity (Wildman–Crippen MR) is 91.4 cm³/mol. The zero-order valence-corrected chi connectivity index (χ0v) is 15.2. The number of halogens is 1. The molecule has 0 saturated carbocycles. The molecule has 2 rings (SSSR count). The van der Waals surface area contributed by atoms with E-state index < -0.39 is 10.0 Å². The van der Waals surface area contributed by atoms with Crippen LogP contribution in [0, 0.1) is 0 Å². The van der Waals surface area contributed by atoms with Crippen molar-refractivity contribution in [1.29, 1.82) is 0 Å². The molecular weight excluding hydrogens is 372 g/mol. The summed E-state index contributed by atoms with van der Waals surface area (Å²) in [5.41, 5.74) is 0.893. The third-order valence-corrected chi connectivity index (χ3v) is 6.74. The standard InChI is InChI=1S/C14H17BrN2O2S2/c1-10(14-8-11(15)9-20-14)16-12-4-6-13(7-5-12)21(18,19)17(2)3/h4-10,16H,1-3H3. The smallest absolute Gasteiger partial charge is 0.242 e. The second kappa shape index (κ2) is 6.48. The number of thiophene rings is 1. The van der Waals surface area contributed by atoms with Gasteiger partial charge in [0.15, 0.2) is 0 Å². The SMILES string of the molecule is CC(Nc1ccc(S(=O)(=O)N(C)C)cc1)c1cc(Br)cs1. The average molecular weight is 389 g/mol. The summed E-state index contributed by atoms with van der Waals surface area (Å²) in [6.45, 7) is 2.07. The summed E-state index contributed by atoms with van der Waals surface area (Å²) in [5, 5.41) is 5.40. The Bertz CT molecular complexity index is 709. The maximum atomic E-state index is 12.0. The Balaban J connectivity index is 2.13. The molecule has 1 N–H and O–H groups in total. The summed E-state index contributed by atoms with van der Waals surface area (Å²) < 4.78 is 26.3. The largest absolute Gasteiger partial charge is 0.378 e. The van der Waals surface area contributed by atoms with E-state index in [1.54, 1.807) is 35.6 Å². The minimum absolute atomic E-state index is 0.164. The van der Waals surface area contributed by atoms with Crippen LogP contribution < -0.4 is 5.32 Å². The quantitative estimate of drug-likeness (QED) is 0.843. The number of benzene rings is 1. The molecule has 0 aliphatic heterocycles. The van der Waals surface area contributed by atoms with E-state index in [-0.39, 0.29) is 6.04 Å². The van der Waals surface area contributed by atoms with Gasteiger partial charge in [0.25, 0.3) is 0 Å². The summed E-state index contributed by atoms with van der Waals surface area (Å²) >= 11 is 5.12. The minimum atomic E-state index is -3.37. The van der Waals surface area contributed by atoms with Gasteiger partial charge in [-0.3, -0.25) is 0 Å². The van der Waals surface area contributed by atoms with Gasteiger partial charge in [0.05, 0.1) is 10.9 Å². The number of hydrogen-bond donors (Lipinski definition) is 1. The first-order valence-electron chi connectivity index (χ1n) is 6.34. The molecule has 0 bridgehead atoms. The van der Waals surface area contributed by atoms with Crippen molar-refractivity contribution in [3.05, 3.63) is 45.1 Å². The number of nitrogens with zero attached hydrogens (tertiary/aromatic N) is 1. The first kappa shape index (κ1) is 16.5. The molecule has 1 aromatic heterocycles. The Kier molecular flexibility index (Phi) is 5.08. The van der Waals surface area contributed by atoms with E-state index in [1.165, 1.54) is 23.3 Å². The molecule has 1 atom stereocenters. The molecule has 0 fully saturated rings. The summed E-state index contributed by atoms with van der Waals surface area (Å²) in [6, 6.07) is 9.06. The van der Waals surface area contributed by atoms with Gasteiger partial charge in [-0.2, -0.15) is 0 Å². The highest BCUT2D eigenvalue weighted by Crippen LogP contribution is 2.28. The monoisotopic (exact) mass is 388 g/mol. The number of hydrogen-bond acceptors (Lipinski definition) is 4. The van der Waals surface area contributed by atoms with E-state index in [4.69, 9.17) is 0 Å². The van der Waals surface area contributed by atoms with Crippen LogP contribution in [0.15, 0.2) is 45.1 Å².